The molecule has 0 saturated carbocycles. The number of benzene rings is 1. The quantitative estimate of drug-likeness (QED) is 0.792. The highest BCUT2D eigenvalue weighted by Gasteiger charge is 2.22. The van der Waals surface area contributed by atoms with Crippen molar-refractivity contribution in [2.45, 2.75) is 25.8 Å². The molecule has 25 heavy (non-hydrogen) atoms. The summed E-state index contributed by atoms with van der Waals surface area (Å²) in [5.74, 6) is 1.47. The number of piperidine rings is 1. The molecule has 7 heteroatoms. The zero-order valence-corrected chi connectivity index (χ0v) is 14.0. The lowest BCUT2D eigenvalue weighted by atomic mass is 10.0. The molecule has 1 saturated heterocycles. The summed E-state index contributed by atoms with van der Waals surface area (Å²) >= 11 is 0. The van der Waals surface area contributed by atoms with Crippen LogP contribution in [-0.4, -0.2) is 39.1 Å². The van der Waals surface area contributed by atoms with Gasteiger partial charge >= 0.3 is 0 Å². The Balaban J connectivity index is 1.47. The molecule has 0 aliphatic carbocycles. The Labute approximate surface area is 145 Å². The second-order valence-electron chi connectivity index (χ2n) is 6.31. The van der Waals surface area contributed by atoms with Crippen molar-refractivity contribution < 1.29 is 4.39 Å². The molecule has 4 rings (SSSR count). The summed E-state index contributed by atoms with van der Waals surface area (Å²) in [6, 6.07) is 7.00. The fourth-order valence-electron chi connectivity index (χ4n) is 3.25. The van der Waals surface area contributed by atoms with E-state index in [0.29, 0.717) is 11.6 Å². The van der Waals surface area contributed by atoms with Crippen LogP contribution in [0.25, 0.3) is 10.9 Å². The molecule has 3 aromatic rings. The van der Waals surface area contributed by atoms with Crippen molar-refractivity contribution in [3.63, 3.8) is 0 Å². The molecule has 1 aliphatic rings. The van der Waals surface area contributed by atoms with Crippen LogP contribution in [0.3, 0.4) is 0 Å². The van der Waals surface area contributed by atoms with Crippen LogP contribution in [0.1, 0.15) is 18.5 Å². The summed E-state index contributed by atoms with van der Waals surface area (Å²) in [7, 11) is 0. The number of nitrogens with one attached hydrogen (secondary N) is 1. The maximum atomic E-state index is 13.4. The Morgan fingerprint density at radius 2 is 1.84 bits per heavy atom. The number of rotatable bonds is 3. The van der Waals surface area contributed by atoms with Crippen molar-refractivity contribution >= 4 is 22.5 Å². The van der Waals surface area contributed by atoms with Gasteiger partial charge in [-0.3, -0.25) is 0 Å². The third-order valence-corrected chi connectivity index (χ3v) is 4.53. The van der Waals surface area contributed by atoms with Gasteiger partial charge in [0.05, 0.1) is 5.52 Å². The van der Waals surface area contributed by atoms with Gasteiger partial charge in [-0.2, -0.15) is 0 Å². The molecule has 1 N–H and O–H groups in total. The minimum absolute atomic E-state index is 0.278. The van der Waals surface area contributed by atoms with Gasteiger partial charge in [0, 0.05) is 42.3 Å². The van der Waals surface area contributed by atoms with Gasteiger partial charge in [0.1, 0.15) is 30.1 Å². The maximum Gasteiger partial charge on any atom is 0.139 e. The largest absolute Gasteiger partial charge is 0.367 e. The van der Waals surface area contributed by atoms with E-state index < -0.39 is 0 Å². The number of aryl methyl sites for hydroxylation is 1. The molecule has 2 aromatic heterocycles. The Kier molecular flexibility index (Phi) is 4.13. The lowest BCUT2D eigenvalue weighted by molar-refractivity contribution is 0.523. The molecule has 128 valence electrons. The molecular weight excluding hydrogens is 319 g/mol. The molecule has 1 aromatic carbocycles. The zero-order chi connectivity index (χ0) is 17.2. The van der Waals surface area contributed by atoms with Crippen LogP contribution in [0, 0.1) is 12.7 Å². The van der Waals surface area contributed by atoms with Crippen LogP contribution >= 0.6 is 0 Å². The summed E-state index contributed by atoms with van der Waals surface area (Å²) in [5.41, 5.74) is 1.59. The molecule has 0 amide bonds. The number of hydrogen-bond donors (Lipinski definition) is 1. The lowest BCUT2D eigenvalue weighted by Crippen LogP contribution is -2.39. The van der Waals surface area contributed by atoms with Gasteiger partial charge in [-0.05, 0) is 31.9 Å². The molecule has 3 heterocycles. The fraction of sp³-hybridized carbons (Fsp3) is 0.333. The van der Waals surface area contributed by atoms with Gasteiger partial charge in [-0.15, -0.1) is 0 Å². The molecule has 1 aliphatic heterocycles. The smallest absolute Gasteiger partial charge is 0.139 e. The second kappa shape index (κ2) is 6.58. The standard InChI is InChI=1S/C18H19FN6/c1-12-8-17(22-10-20-12)24-14-4-6-25(7-5-14)18-15-3-2-13(19)9-16(15)21-11-23-18/h2-3,8-11,14H,4-7H2,1H3,(H,20,22,24). The number of aromatic nitrogens is 4. The number of hydrogen-bond acceptors (Lipinski definition) is 6. The third kappa shape index (κ3) is 3.35. The average Bonchev–Trinajstić information content (AvgIpc) is 2.62. The number of nitrogens with zero attached hydrogens (tertiary/aromatic N) is 5. The van der Waals surface area contributed by atoms with Crippen molar-refractivity contribution in [3.05, 3.63) is 48.4 Å². The van der Waals surface area contributed by atoms with Gasteiger partial charge in [-0.1, -0.05) is 0 Å². The molecule has 0 atom stereocenters. The topological polar surface area (TPSA) is 66.8 Å². The SMILES string of the molecule is Cc1cc(NC2CCN(c3ncnc4cc(F)ccc34)CC2)ncn1. The van der Waals surface area contributed by atoms with Crippen LogP contribution < -0.4 is 10.2 Å². The average molecular weight is 338 g/mol. The third-order valence-electron chi connectivity index (χ3n) is 4.53. The molecule has 6 nitrogen and oxygen atoms in total. The predicted octanol–water partition coefficient (Wildman–Crippen LogP) is 2.95. The van der Waals surface area contributed by atoms with Crippen molar-refractivity contribution in [2.24, 2.45) is 0 Å². The van der Waals surface area contributed by atoms with Crippen LogP contribution in [0.2, 0.25) is 0 Å². The highest BCUT2D eigenvalue weighted by Crippen LogP contribution is 2.26. The van der Waals surface area contributed by atoms with Gasteiger partial charge in [0.25, 0.3) is 0 Å². The van der Waals surface area contributed by atoms with E-state index in [1.807, 2.05) is 13.0 Å². The summed E-state index contributed by atoms with van der Waals surface area (Å²) < 4.78 is 13.4. The van der Waals surface area contributed by atoms with E-state index >= 15 is 0 Å². The van der Waals surface area contributed by atoms with Crippen LogP contribution in [0.15, 0.2) is 36.9 Å². The summed E-state index contributed by atoms with van der Waals surface area (Å²) in [5, 5.41) is 4.37. The first-order valence-corrected chi connectivity index (χ1v) is 8.39. The summed E-state index contributed by atoms with van der Waals surface area (Å²) in [4.78, 5) is 19.2. The number of halogens is 1. The first kappa shape index (κ1) is 15.7. The van der Waals surface area contributed by atoms with Crippen LogP contribution in [0.5, 0.6) is 0 Å². The number of anilines is 2. The van der Waals surface area contributed by atoms with Crippen molar-refractivity contribution in [1.82, 2.24) is 19.9 Å². The van der Waals surface area contributed by atoms with E-state index in [0.717, 1.165) is 48.6 Å². The van der Waals surface area contributed by atoms with E-state index in [4.69, 9.17) is 0 Å². The van der Waals surface area contributed by atoms with E-state index in [2.05, 4.69) is 30.2 Å². The predicted molar refractivity (Wildman–Crippen MR) is 95.1 cm³/mol. The monoisotopic (exact) mass is 338 g/mol. The Hall–Kier alpha value is -2.83. The molecule has 0 unspecified atom stereocenters. The van der Waals surface area contributed by atoms with E-state index in [9.17, 15) is 4.39 Å². The van der Waals surface area contributed by atoms with E-state index in [1.54, 1.807) is 12.4 Å². The normalized spacial score (nSPS) is 15.5. The molecule has 1 fully saturated rings. The Bertz CT molecular complexity index is 892. The minimum Gasteiger partial charge on any atom is -0.367 e. The van der Waals surface area contributed by atoms with Gasteiger partial charge in [-0.25, -0.2) is 24.3 Å². The lowest BCUT2D eigenvalue weighted by Gasteiger charge is -2.33. The Morgan fingerprint density at radius 1 is 1.04 bits per heavy atom. The molecule has 0 spiro atoms. The first-order chi connectivity index (χ1) is 12.2. The van der Waals surface area contributed by atoms with Gasteiger partial charge in [0.2, 0.25) is 0 Å². The first-order valence-electron chi connectivity index (χ1n) is 8.39. The molecule has 0 bridgehead atoms. The fourth-order valence-corrected chi connectivity index (χ4v) is 3.25. The highest BCUT2D eigenvalue weighted by molar-refractivity contribution is 5.89. The van der Waals surface area contributed by atoms with E-state index in [1.165, 1.54) is 18.5 Å². The van der Waals surface area contributed by atoms with Gasteiger partial charge in [0.15, 0.2) is 0 Å². The van der Waals surface area contributed by atoms with Crippen LogP contribution in [0.4, 0.5) is 16.0 Å². The van der Waals surface area contributed by atoms with Crippen molar-refractivity contribution in [2.75, 3.05) is 23.3 Å². The highest BCUT2D eigenvalue weighted by atomic mass is 19.1. The molecular formula is C18H19FN6. The maximum absolute atomic E-state index is 13.4. The molecule has 0 radical (unpaired) electrons. The van der Waals surface area contributed by atoms with E-state index in [-0.39, 0.29) is 5.82 Å². The number of fused-ring (bicyclic) bond motifs is 1. The van der Waals surface area contributed by atoms with Crippen molar-refractivity contribution in [1.29, 1.82) is 0 Å². The summed E-state index contributed by atoms with van der Waals surface area (Å²) in [6.07, 6.45) is 5.05. The van der Waals surface area contributed by atoms with Gasteiger partial charge < -0.3 is 10.2 Å². The second-order valence-corrected chi connectivity index (χ2v) is 6.31. The summed E-state index contributed by atoms with van der Waals surface area (Å²) in [6.45, 7) is 3.72. The zero-order valence-electron chi connectivity index (χ0n) is 14.0. The van der Waals surface area contributed by atoms with Crippen molar-refractivity contribution in [3.8, 4) is 0 Å². The van der Waals surface area contributed by atoms with Crippen LogP contribution in [-0.2, 0) is 0 Å². The minimum atomic E-state index is -0.278. The Morgan fingerprint density at radius 3 is 2.64 bits per heavy atom.